The van der Waals surface area contributed by atoms with Gasteiger partial charge in [0.15, 0.2) is 16.3 Å². The van der Waals surface area contributed by atoms with Gasteiger partial charge in [0, 0.05) is 5.41 Å². The summed E-state index contributed by atoms with van der Waals surface area (Å²) in [4.78, 5) is 0. The molecule has 1 aliphatic carbocycles. The van der Waals surface area contributed by atoms with E-state index in [0.29, 0.717) is 0 Å². The monoisotopic (exact) mass is 290 g/mol. The quantitative estimate of drug-likeness (QED) is 0.725. The molecule has 0 saturated heterocycles. The highest BCUT2D eigenvalue weighted by Crippen LogP contribution is 2.46. The fourth-order valence-electron chi connectivity index (χ4n) is 3.74. The summed E-state index contributed by atoms with van der Waals surface area (Å²) in [7, 11) is 0. The van der Waals surface area contributed by atoms with E-state index in [-0.39, 0.29) is 5.41 Å². The van der Waals surface area contributed by atoms with E-state index >= 15 is 0 Å². The normalized spacial score (nSPS) is 17.1. The van der Waals surface area contributed by atoms with Gasteiger partial charge in [-0.05, 0) is 55.9 Å². The Morgan fingerprint density at radius 3 is 1.90 bits per heavy atom. The molecule has 0 nitrogen and oxygen atoms in total. The molecular weight excluding hydrogens is 267 g/mol. The van der Waals surface area contributed by atoms with Crippen LogP contribution in [0.3, 0.4) is 0 Å². The van der Waals surface area contributed by atoms with Crippen LogP contribution in [0.25, 0.3) is 0 Å². The third-order valence-corrected chi connectivity index (χ3v) is 5.99. The Labute approximate surface area is 137 Å². The lowest BCUT2D eigenvalue weighted by Crippen LogP contribution is -2.25. The minimum Gasteiger partial charge on any atom is -0.136 e. The molecule has 0 bridgehead atoms. The summed E-state index contributed by atoms with van der Waals surface area (Å²) in [6, 6.07) is 14.1. The van der Waals surface area contributed by atoms with Gasteiger partial charge in [0.05, 0.1) is 0 Å². The third-order valence-electron chi connectivity index (χ3n) is 5.34. The summed E-state index contributed by atoms with van der Waals surface area (Å²) in [6.45, 7) is 6.65. The van der Waals surface area contributed by atoms with Gasteiger partial charge in [-0.25, -0.2) is 0 Å². The first-order valence-corrected chi connectivity index (χ1v) is 8.55. The first kappa shape index (κ1) is 14.9. The van der Waals surface area contributed by atoms with Crippen LogP contribution in [0.5, 0.6) is 0 Å². The number of hydrogen-bond donors (Lipinski definition) is 0. The average Bonchev–Trinajstić information content (AvgIpc) is 2.95. The van der Waals surface area contributed by atoms with Gasteiger partial charge in [0.2, 0.25) is 0 Å². The molecule has 1 aliphatic rings. The van der Waals surface area contributed by atoms with E-state index in [4.69, 9.17) is 0 Å². The zero-order chi connectivity index (χ0) is 15.0. The maximum absolute atomic E-state index is 2.84. The standard InChI is InChI=1S/C20H23.Al/c1-15-7-6-8-18(13-15)20(11-4-5-12-20)19-10-9-16(2)17(3)14-19;/h6,8-10,13-14H,4-5,11-12H2,1-3H3;. The molecule has 0 amide bonds. The Kier molecular flexibility index (Phi) is 4.00. The van der Waals surface area contributed by atoms with Crippen molar-refractivity contribution >= 4 is 20.7 Å². The molecule has 2 radical (unpaired) electrons. The van der Waals surface area contributed by atoms with Crippen molar-refractivity contribution in [1.29, 1.82) is 0 Å². The molecule has 0 aliphatic heterocycles. The molecular formula is C20H23Al. The minimum atomic E-state index is 0.238. The smallest absolute Gasteiger partial charge is 0.136 e. The number of rotatable bonds is 2. The molecule has 2 aromatic rings. The highest BCUT2D eigenvalue weighted by atomic mass is 27.0. The molecule has 1 fully saturated rings. The Balaban J connectivity index is 2.15. The SMILES string of the molecule is Cc1ccc(C2(c3cc[c]([Al])c(C)c3)CCCC2)cc1C. The third kappa shape index (κ3) is 2.59. The number of hydrogen-bond acceptors (Lipinski definition) is 0. The van der Waals surface area contributed by atoms with Crippen LogP contribution in [0.1, 0.15) is 53.5 Å². The van der Waals surface area contributed by atoms with Crippen molar-refractivity contribution in [3.05, 3.63) is 64.2 Å². The molecule has 106 valence electrons. The fourth-order valence-corrected chi connectivity index (χ4v) is 3.91. The largest absolute Gasteiger partial charge is 0.175 e. The first-order chi connectivity index (χ1) is 10.0. The lowest BCUT2D eigenvalue weighted by molar-refractivity contribution is 0.534. The fraction of sp³-hybridized carbons (Fsp3) is 0.400. The molecule has 21 heavy (non-hydrogen) atoms. The van der Waals surface area contributed by atoms with Crippen LogP contribution in [0, 0.1) is 20.8 Å². The van der Waals surface area contributed by atoms with Crippen molar-refractivity contribution in [2.45, 2.75) is 51.9 Å². The van der Waals surface area contributed by atoms with Crippen LogP contribution in [-0.4, -0.2) is 16.3 Å². The predicted molar refractivity (Wildman–Crippen MR) is 91.7 cm³/mol. The molecule has 0 atom stereocenters. The molecule has 0 N–H and O–H groups in total. The van der Waals surface area contributed by atoms with E-state index in [1.54, 1.807) is 0 Å². The Hall–Kier alpha value is -1.03. The van der Waals surface area contributed by atoms with Gasteiger partial charge in [-0.15, -0.1) is 4.43 Å². The van der Waals surface area contributed by atoms with Crippen LogP contribution in [0.2, 0.25) is 0 Å². The first-order valence-electron chi connectivity index (χ1n) is 7.97. The summed E-state index contributed by atoms with van der Waals surface area (Å²) in [6.07, 6.45) is 5.25. The molecule has 0 aromatic heterocycles. The Morgan fingerprint density at radius 1 is 0.762 bits per heavy atom. The van der Waals surface area contributed by atoms with Crippen molar-refractivity contribution in [3.63, 3.8) is 0 Å². The van der Waals surface area contributed by atoms with Gasteiger partial charge in [-0.1, -0.05) is 54.8 Å². The number of benzene rings is 2. The molecule has 0 heterocycles. The van der Waals surface area contributed by atoms with E-state index < -0.39 is 0 Å². The molecule has 1 saturated carbocycles. The molecule has 3 rings (SSSR count). The summed E-state index contributed by atoms with van der Waals surface area (Å²) in [5, 5.41) is 0. The highest BCUT2D eigenvalue weighted by Gasteiger charge is 2.37. The minimum absolute atomic E-state index is 0.238. The van der Waals surface area contributed by atoms with Crippen LogP contribution in [0.4, 0.5) is 0 Å². The van der Waals surface area contributed by atoms with Crippen molar-refractivity contribution in [2.24, 2.45) is 0 Å². The van der Waals surface area contributed by atoms with Crippen LogP contribution < -0.4 is 4.43 Å². The molecule has 0 unspecified atom stereocenters. The second-order valence-corrected chi connectivity index (χ2v) is 7.28. The van der Waals surface area contributed by atoms with Crippen LogP contribution in [0.15, 0.2) is 36.4 Å². The Bertz CT molecular complexity index is 610. The predicted octanol–water partition coefficient (Wildman–Crippen LogP) is 4.27. The summed E-state index contributed by atoms with van der Waals surface area (Å²) in [5.41, 5.74) is 7.45. The van der Waals surface area contributed by atoms with E-state index in [1.165, 1.54) is 57.9 Å². The average molecular weight is 290 g/mol. The van der Waals surface area contributed by atoms with E-state index in [1.807, 2.05) is 0 Å². The summed E-state index contributed by atoms with van der Waals surface area (Å²) < 4.78 is 1.31. The van der Waals surface area contributed by atoms with Crippen LogP contribution in [-0.2, 0) is 5.41 Å². The molecule has 0 spiro atoms. The second kappa shape index (κ2) is 5.64. The van der Waals surface area contributed by atoms with Crippen molar-refractivity contribution in [1.82, 2.24) is 0 Å². The van der Waals surface area contributed by atoms with E-state index in [9.17, 15) is 0 Å². The van der Waals surface area contributed by atoms with Gasteiger partial charge in [-0.3, -0.25) is 0 Å². The highest BCUT2D eigenvalue weighted by molar-refractivity contribution is 6.33. The maximum atomic E-state index is 2.84. The van der Waals surface area contributed by atoms with E-state index in [0.717, 1.165) is 0 Å². The van der Waals surface area contributed by atoms with Gasteiger partial charge in [0.1, 0.15) is 0 Å². The van der Waals surface area contributed by atoms with Gasteiger partial charge < -0.3 is 0 Å². The Morgan fingerprint density at radius 2 is 1.33 bits per heavy atom. The van der Waals surface area contributed by atoms with E-state index in [2.05, 4.69) is 73.5 Å². The second-order valence-electron chi connectivity index (χ2n) is 6.66. The topological polar surface area (TPSA) is 0 Å². The van der Waals surface area contributed by atoms with Crippen molar-refractivity contribution in [3.8, 4) is 0 Å². The lowest BCUT2D eigenvalue weighted by atomic mass is 9.72. The van der Waals surface area contributed by atoms with Crippen LogP contribution >= 0.6 is 0 Å². The summed E-state index contributed by atoms with van der Waals surface area (Å²) in [5.74, 6) is 0. The zero-order valence-electron chi connectivity index (χ0n) is 13.4. The number of aryl methyl sites for hydroxylation is 3. The van der Waals surface area contributed by atoms with Gasteiger partial charge in [-0.2, -0.15) is 0 Å². The zero-order valence-corrected chi connectivity index (χ0v) is 14.5. The maximum Gasteiger partial charge on any atom is 0.175 e. The molecule has 1 heteroatoms. The van der Waals surface area contributed by atoms with Gasteiger partial charge in [0.25, 0.3) is 0 Å². The lowest BCUT2D eigenvalue weighted by Gasteiger charge is -2.32. The van der Waals surface area contributed by atoms with Crippen molar-refractivity contribution in [2.75, 3.05) is 0 Å². The summed E-state index contributed by atoms with van der Waals surface area (Å²) >= 11 is 2.84. The van der Waals surface area contributed by atoms with Crippen molar-refractivity contribution < 1.29 is 0 Å². The van der Waals surface area contributed by atoms with Gasteiger partial charge >= 0.3 is 0 Å². The molecule has 2 aromatic carbocycles.